The average molecular weight is 290 g/mol. The van der Waals surface area contributed by atoms with Gasteiger partial charge in [0.05, 0.1) is 0 Å². The molecule has 1 aromatic heterocycles. The first-order chi connectivity index (χ1) is 9.57. The molecule has 2 heterocycles. The van der Waals surface area contributed by atoms with Crippen molar-refractivity contribution in [3.05, 3.63) is 21.9 Å². The van der Waals surface area contributed by atoms with Crippen molar-refractivity contribution < 1.29 is 4.79 Å². The number of thiophene rings is 1. The average Bonchev–Trinajstić information content (AvgIpc) is 3.33. The fourth-order valence-corrected chi connectivity index (χ4v) is 4.37. The van der Waals surface area contributed by atoms with Crippen LogP contribution in [0.15, 0.2) is 12.1 Å². The van der Waals surface area contributed by atoms with Crippen LogP contribution in [0.25, 0.3) is 0 Å². The third-order valence-corrected chi connectivity index (χ3v) is 6.44. The van der Waals surface area contributed by atoms with Gasteiger partial charge in [0.1, 0.15) is 11.7 Å². The van der Waals surface area contributed by atoms with Crippen LogP contribution >= 0.6 is 11.3 Å². The molecular weight excluding hydrogens is 268 g/mol. The Kier molecular flexibility index (Phi) is 2.62. The van der Waals surface area contributed by atoms with Crippen LogP contribution in [0.1, 0.15) is 54.9 Å². The summed E-state index contributed by atoms with van der Waals surface area (Å²) >= 11 is 1.82. The largest absolute Gasteiger partial charge is 0.320 e. The van der Waals surface area contributed by atoms with Crippen LogP contribution in [0.5, 0.6) is 0 Å². The normalized spacial score (nSPS) is 29.2. The Morgan fingerprint density at radius 1 is 1.35 bits per heavy atom. The number of hydrogen-bond acceptors (Lipinski definition) is 3. The van der Waals surface area contributed by atoms with Crippen molar-refractivity contribution in [3.8, 4) is 0 Å². The van der Waals surface area contributed by atoms with Crippen LogP contribution in [0, 0.1) is 12.3 Å². The van der Waals surface area contributed by atoms with Crippen molar-refractivity contribution in [2.75, 3.05) is 6.54 Å². The zero-order chi connectivity index (χ0) is 14.0. The monoisotopic (exact) mass is 290 g/mol. The summed E-state index contributed by atoms with van der Waals surface area (Å²) in [4.78, 5) is 17.5. The maximum Gasteiger partial charge on any atom is 0.244 e. The van der Waals surface area contributed by atoms with E-state index in [0.717, 1.165) is 19.4 Å². The van der Waals surface area contributed by atoms with Crippen molar-refractivity contribution in [2.24, 2.45) is 5.41 Å². The lowest BCUT2D eigenvalue weighted by Crippen LogP contribution is -2.36. The minimum absolute atomic E-state index is 0.118. The highest BCUT2D eigenvalue weighted by Gasteiger charge is 2.61. The Bertz CT molecular complexity index is 557. The van der Waals surface area contributed by atoms with Crippen molar-refractivity contribution in [1.29, 1.82) is 0 Å². The zero-order valence-electron chi connectivity index (χ0n) is 12.2. The van der Waals surface area contributed by atoms with Gasteiger partial charge in [-0.15, -0.1) is 11.3 Å². The maximum absolute atomic E-state index is 12.8. The van der Waals surface area contributed by atoms with Crippen molar-refractivity contribution >= 4 is 17.2 Å². The topological polar surface area (TPSA) is 32.3 Å². The predicted molar refractivity (Wildman–Crippen MR) is 80.6 cm³/mol. The molecule has 1 amide bonds. The zero-order valence-corrected chi connectivity index (χ0v) is 13.1. The third-order valence-electron chi connectivity index (χ3n) is 5.39. The molecule has 2 saturated carbocycles. The number of nitrogens with one attached hydrogen (secondary N) is 1. The Morgan fingerprint density at radius 2 is 2.10 bits per heavy atom. The van der Waals surface area contributed by atoms with E-state index in [-0.39, 0.29) is 11.7 Å². The van der Waals surface area contributed by atoms with Gasteiger partial charge in [0, 0.05) is 16.3 Å². The minimum Gasteiger partial charge on any atom is -0.320 e. The molecule has 2 aliphatic carbocycles. The van der Waals surface area contributed by atoms with E-state index in [4.69, 9.17) is 0 Å². The second-order valence-electron chi connectivity index (χ2n) is 6.86. The lowest BCUT2D eigenvalue weighted by molar-refractivity contribution is -0.131. The summed E-state index contributed by atoms with van der Waals surface area (Å²) < 4.78 is 0. The van der Waals surface area contributed by atoms with Crippen molar-refractivity contribution in [2.45, 2.75) is 57.7 Å². The second kappa shape index (κ2) is 4.08. The molecule has 1 unspecified atom stereocenters. The first-order valence-corrected chi connectivity index (χ1v) is 8.54. The smallest absolute Gasteiger partial charge is 0.244 e. The Hall–Kier alpha value is -0.870. The van der Waals surface area contributed by atoms with Gasteiger partial charge in [-0.1, -0.05) is 6.92 Å². The number of amides is 1. The fourth-order valence-electron chi connectivity index (χ4n) is 3.43. The lowest BCUT2D eigenvalue weighted by atomic mass is 10.0. The Labute approximate surface area is 124 Å². The number of carbonyl (C=O) groups is 1. The van der Waals surface area contributed by atoms with Crippen LogP contribution in [0.2, 0.25) is 0 Å². The van der Waals surface area contributed by atoms with Crippen LogP contribution in [0.3, 0.4) is 0 Å². The first kappa shape index (κ1) is 12.8. The summed E-state index contributed by atoms with van der Waals surface area (Å²) in [5, 5.41) is 3.63. The standard InChI is InChI=1S/C16H22N2OS/c1-3-15(6-7-15)10-18-13(12-5-4-11(2)20-12)17-16(8-9-16)14(18)19/h4-5,13,17H,3,6-10H2,1-2H3. The molecule has 0 bridgehead atoms. The molecule has 0 radical (unpaired) electrons. The van der Waals surface area contributed by atoms with Crippen LogP contribution in [-0.4, -0.2) is 22.9 Å². The quantitative estimate of drug-likeness (QED) is 0.923. The van der Waals surface area contributed by atoms with E-state index in [9.17, 15) is 4.79 Å². The summed E-state index contributed by atoms with van der Waals surface area (Å²) in [5.41, 5.74) is 0.217. The molecule has 20 heavy (non-hydrogen) atoms. The van der Waals surface area contributed by atoms with Crippen LogP contribution in [-0.2, 0) is 4.79 Å². The molecule has 108 valence electrons. The molecule has 3 fully saturated rings. The van der Waals surface area contributed by atoms with Crippen LogP contribution in [0.4, 0.5) is 0 Å². The Balaban J connectivity index is 1.63. The number of hydrogen-bond donors (Lipinski definition) is 1. The lowest BCUT2D eigenvalue weighted by Gasteiger charge is -2.27. The molecule has 1 saturated heterocycles. The number of aryl methyl sites for hydroxylation is 1. The van der Waals surface area contributed by atoms with Crippen molar-refractivity contribution in [3.63, 3.8) is 0 Å². The second-order valence-corrected chi connectivity index (χ2v) is 8.18. The van der Waals surface area contributed by atoms with Gasteiger partial charge in [-0.2, -0.15) is 0 Å². The van der Waals surface area contributed by atoms with E-state index in [0.29, 0.717) is 11.3 Å². The van der Waals surface area contributed by atoms with E-state index < -0.39 is 0 Å². The van der Waals surface area contributed by atoms with Gasteiger partial charge < -0.3 is 4.90 Å². The van der Waals surface area contributed by atoms with Gasteiger partial charge in [-0.05, 0) is 56.6 Å². The van der Waals surface area contributed by atoms with Crippen molar-refractivity contribution in [1.82, 2.24) is 10.2 Å². The SMILES string of the molecule is CCC1(CN2C(=O)C3(CC3)NC2c2ccc(C)s2)CC1. The van der Waals surface area contributed by atoms with E-state index >= 15 is 0 Å². The molecule has 1 spiro atoms. The summed E-state index contributed by atoms with van der Waals surface area (Å²) in [6, 6.07) is 4.35. The van der Waals surface area contributed by atoms with E-state index in [1.54, 1.807) is 0 Å². The van der Waals surface area contributed by atoms with E-state index in [2.05, 4.69) is 36.2 Å². The molecule has 1 aromatic rings. The predicted octanol–water partition coefficient (Wildman–Crippen LogP) is 3.21. The highest BCUT2D eigenvalue weighted by molar-refractivity contribution is 7.12. The number of carbonyl (C=O) groups excluding carboxylic acids is 1. The summed E-state index contributed by atoms with van der Waals surface area (Å²) in [6.45, 7) is 5.34. The molecular formula is C16H22N2OS. The summed E-state index contributed by atoms with van der Waals surface area (Å²) in [6.07, 6.45) is 5.92. The van der Waals surface area contributed by atoms with Gasteiger partial charge in [0.25, 0.3) is 0 Å². The third kappa shape index (κ3) is 1.85. The first-order valence-electron chi connectivity index (χ1n) is 7.73. The molecule has 1 atom stereocenters. The molecule has 0 aromatic carbocycles. The van der Waals surface area contributed by atoms with E-state index in [1.807, 2.05) is 11.3 Å². The number of nitrogens with zero attached hydrogens (tertiary/aromatic N) is 1. The molecule has 3 nitrogen and oxygen atoms in total. The summed E-state index contributed by atoms with van der Waals surface area (Å²) in [5.74, 6) is 0.355. The van der Waals surface area contributed by atoms with Gasteiger partial charge in [-0.25, -0.2) is 0 Å². The molecule has 1 aliphatic heterocycles. The minimum atomic E-state index is -0.202. The number of rotatable bonds is 4. The van der Waals surface area contributed by atoms with Gasteiger partial charge in [0.2, 0.25) is 5.91 Å². The highest BCUT2D eigenvalue weighted by Crippen LogP contribution is 2.53. The molecule has 4 rings (SSSR count). The van der Waals surface area contributed by atoms with Gasteiger partial charge in [0.15, 0.2) is 0 Å². The summed E-state index contributed by atoms with van der Waals surface area (Å²) in [7, 11) is 0. The van der Waals surface area contributed by atoms with Crippen LogP contribution < -0.4 is 5.32 Å². The molecule has 1 N–H and O–H groups in total. The Morgan fingerprint density at radius 3 is 2.60 bits per heavy atom. The molecule has 4 heteroatoms. The molecule has 3 aliphatic rings. The van der Waals surface area contributed by atoms with Gasteiger partial charge >= 0.3 is 0 Å². The highest BCUT2D eigenvalue weighted by atomic mass is 32.1. The van der Waals surface area contributed by atoms with E-state index in [1.165, 1.54) is 29.0 Å². The van der Waals surface area contributed by atoms with Gasteiger partial charge in [-0.3, -0.25) is 10.1 Å². The fraction of sp³-hybridized carbons (Fsp3) is 0.688. The maximum atomic E-state index is 12.8.